The third-order valence-electron chi connectivity index (χ3n) is 5.78. The molecule has 6 nitrogen and oxygen atoms in total. The fraction of sp³-hybridized carbons (Fsp3) is 0.591. The molecule has 0 bridgehead atoms. The summed E-state index contributed by atoms with van der Waals surface area (Å²) in [5.41, 5.74) is 1.77. The topological polar surface area (TPSA) is 69.7 Å². The number of rotatable bonds is 4. The van der Waals surface area contributed by atoms with Crippen molar-refractivity contribution in [3.63, 3.8) is 0 Å². The predicted octanol–water partition coefficient (Wildman–Crippen LogP) is 2.33. The quantitative estimate of drug-likeness (QED) is 0.865. The van der Waals surface area contributed by atoms with Crippen LogP contribution in [0, 0.1) is 0 Å². The second-order valence-electron chi connectivity index (χ2n) is 8.81. The van der Waals surface area contributed by atoms with Gasteiger partial charge in [0.25, 0.3) is 5.91 Å². The minimum absolute atomic E-state index is 0.00711. The number of nitrogens with zero attached hydrogens (tertiary/aromatic N) is 2. The third kappa shape index (κ3) is 4.72. The van der Waals surface area contributed by atoms with E-state index in [1.54, 1.807) is 17.0 Å². The first-order valence-electron chi connectivity index (χ1n) is 10.2. The number of hydrogen-bond acceptors (Lipinski definition) is 3. The first-order valence-corrected chi connectivity index (χ1v) is 10.2. The van der Waals surface area contributed by atoms with Crippen molar-refractivity contribution in [1.29, 1.82) is 0 Å². The lowest BCUT2D eigenvalue weighted by Gasteiger charge is -2.36. The molecule has 1 N–H and O–H groups in total. The summed E-state index contributed by atoms with van der Waals surface area (Å²) in [5.74, 6) is -0.0493. The minimum atomic E-state index is -0.230. The highest BCUT2D eigenvalue weighted by Gasteiger charge is 2.31. The second-order valence-corrected chi connectivity index (χ2v) is 8.81. The Morgan fingerprint density at radius 1 is 1.07 bits per heavy atom. The average molecular weight is 386 g/mol. The highest BCUT2D eigenvalue weighted by Crippen LogP contribution is 2.23. The molecule has 2 fully saturated rings. The van der Waals surface area contributed by atoms with Crippen LogP contribution in [-0.4, -0.2) is 59.7 Å². The van der Waals surface area contributed by atoms with Crippen molar-refractivity contribution in [2.45, 2.75) is 57.9 Å². The lowest BCUT2D eigenvalue weighted by atomic mass is 9.87. The summed E-state index contributed by atoms with van der Waals surface area (Å²) in [7, 11) is 0. The fourth-order valence-electron chi connectivity index (χ4n) is 3.97. The van der Waals surface area contributed by atoms with Gasteiger partial charge < -0.3 is 15.1 Å². The number of carbonyl (C=O) groups is 3. The van der Waals surface area contributed by atoms with Crippen molar-refractivity contribution in [2.24, 2.45) is 0 Å². The molecule has 1 aromatic rings. The molecule has 1 aromatic carbocycles. The molecule has 2 aliphatic heterocycles. The summed E-state index contributed by atoms with van der Waals surface area (Å²) >= 11 is 0. The molecular weight excluding hydrogens is 354 g/mol. The van der Waals surface area contributed by atoms with Gasteiger partial charge in [0, 0.05) is 37.7 Å². The van der Waals surface area contributed by atoms with E-state index < -0.39 is 0 Å². The number of carbonyl (C=O) groups excluding carboxylic acids is 3. The van der Waals surface area contributed by atoms with E-state index in [1.165, 1.54) is 5.56 Å². The second kappa shape index (κ2) is 8.33. The van der Waals surface area contributed by atoms with E-state index in [4.69, 9.17) is 0 Å². The summed E-state index contributed by atoms with van der Waals surface area (Å²) in [6, 6.07) is 7.79. The standard InChI is InChI=1S/C22H31N3O3/c1-22(2,3)17-8-6-16(7-9-17)21(28)23-15-20(27)24-13-10-18(11-14-24)25-12-4-5-19(25)26/h6-9,18H,4-5,10-15H2,1-3H3,(H,23,28). The summed E-state index contributed by atoms with van der Waals surface area (Å²) in [6.07, 6.45) is 3.24. The van der Waals surface area contributed by atoms with Crippen molar-refractivity contribution in [3.8, 4) is 0 Å². The molecule has 2 heterocycles. The van der Waals surface area contributed by atoms with Crippen LogP contribution >= 0.6 is 0 Å². The molecule has 2 saturated heterocycles. The van der Waals surface area contributed by atoms with Crippen molar-refractivity contribution in [1.82, 2.24) is 15.1 Å². The van der Waals surface area contributed by atoms with E-state index in [2.05, 4.69) is 26.1 Å². The van der Waals surface area contributed by atoms with Crippen LogP contribution in [0.3, 0.4) is 0 Å². The number of nitrogens with one attached hydrogen (secondary N) is 1. The van der Waals surface area contributed by atoms with Crippen LogP contribution in [0.4, 0.5) is 0 Å². The van der Waals surface area contributed by atoms with E-state index in [1.807, 2.05) is 17.0 Å². The fourth-order valence-corrected chi connectivity index (χ4v) is 3.97. The van der Waals surface area contributed by atoms with Crippen molar-refractivity contribution in [3.05, 3.63) is 35.4 Å². The highest BCUT2D eigenvalue weighted by atomic mass is 16.2. The zero-order chi connectivity index (χ0) is 20.3. The summed E-state index contributed by atoms with van der Waals surface area (Å²) in [4.78, 5) is 40.4. The lowest BCUT2D eigenvalue weighted by molar-refractivity contribution is -0.133. The highest BCUT2D eigenvalue weighted by molar-refractivity contribution is 5.96. The molecular formula is C22H31N3O3. The van der Waals surface area contributed by atoms with Crippen molar-refractivity contribution < 1.29 is 14.4 Å². The Bertz CT molecular complexity index is 728. The van der Waals surface area contributed by atoms with Gasteiger partial charge >= 0.3 is 0 Å². The Morgan fingerprint density at radius 3 is 2.25 bits per heavy atom. The van der Waals surface area contributed by atoms with Crippen LogP contribution < -0.4 is 5.32 Å². The van der Waals surface area contributed by atoms with E-state index in [-0.39, 0.29) is 35.7 Å². The van der Waals surface area contributed by atoms with Crippen LogP contribution in [0.1, 0.15) is 62.4 Å². The maximum absolute atomic E-state index is 12.4. The van der Waals surface area contributed by atoms with Crippen LogP contribution in [0.2, 0.25) is 0 Å². The van der Waals surface area contributed by atoms with E-state index >= 15 is 0 Å². The Morgan fingerprint density at radius 2 is 1.71 bits per heavy atom. The van der Waals surface area contributed by atoms with Crippen LogP contribution in [0.15, 0.2) is 24.3 Å². The van der Waals surface area contributed by atoms with Gasteiger partial charge in [-0.25, -0.2) is 0 Å². The molecule has 3 amide bonds. The molecule has 3 rings (SSSR count). The van der Waals surface area contributed by atoms with Crippen LogP contribution in [-0.2, 0) is 15.0 Å². The number of amides is 3. The molecule has 0 radical (unpaired) electrons. The van der Waals surface area contributed by atoms with Gasteiger partial charge in [0.05, 0.1) is 6.54 Å². The van der Waals surface area contributed by atoms with Gasteiger partial charge in [-0.2, -0.15) is 0 Å². The molecule has 0 spiro atoms. The lowest BCUT2D eigenvalue weighted by Crippen LogP contribution is -2.49. The van der Waals surface area contributed by atoms with Gasteiger partial charge in [0.1, 0.15) is 0 Å². The molecule has 0 atom stereocenters. The summed E-state index contributed by atoms with van der Waals surface area (Å²) < 4.78 is 0. The molecule has 0 aromatic heterocycles. The monoisotopic (exact) mass is 385 g/mol. The average Bonchev–Trinajstić information content (AvgIpc) is 3.11. The molecule has 28 heavy (non-hydrogen) atoms. The smallest absolute Gasteiger partial charge is 0.251 e. The number of piperidine rings is 1. The van der Waals surface area contributed by atoms with E-state index in [9.17, 15) is 14.4 Å². The van der Waals surface area contributed by atoms with Crippen LogP contribution in [0.25, 0.3) is 0 Å². The van der Waals surface area contributed by atoms with E-state index in [0.717, 1.165) is 25.8 Å². The molecule has 0 aliphatic carbocycles. The summed E-state index contributed by atoms with van der Waals surface area (Å²) in [6.45, 7) is 8.53. The van der Waals surface area contributed by atoms with E-state index in [0.29, 0.717) is 25.1 Å². The Balaban J connectivity index is 1.45. The van der Waals surface area contributed by atoms with Gasteiger partial charge in [-0.1, -0.05) is 32.9 Å². The maximum Gasteiger partial charge on any atom is 0.251 e. The number of benzene rings is 1. The number of likely N-dealkylation sites (tertiary alicyclic amines) is 2. The zero-order valence-electron chi connectivity index (χ0n) is 17.2. The first-order chi connectivity index (χ1) is 13.3. The Kier molecular flexibility index (Phi) is 6.06. The predicted molar refractivity (Wildman–Crippen MR) is 108 cm³/mol. The Labute approximate surface area is 167 Å². The first kappa shape index (κ1) is 20.4. The van der Waals surface area contributed by atoms with Gasteiger partial charge in [-0.3, -0.25) is 14.4 Å². The third-order valence-corrected chi connectivity index (χ3v) is 5.78. The Hall–Kier alpha value is -2.37. The van der Waals surface area contributed by atoms with Crippen molar-refractivity contribution >= 4 is 17.7 Å². The number of hydrogen-bond donors (Lipinski definition) is 1. The summed E-state index contributed by atoms with van der Waals surface area (Å²) in [5, 5.41) is 2.73. The van der Waals surface area contributed by atoms with Gasteiger partial charge in [0.15, 0.2) is 0 Å². The maximum atomic E-state index is 12.4. The molecule has 2 aliphatic rings. The zero-order valence-corrected chi connectivity index (χ0v) is 17.2. The molecule has 0 saturated carbocycles. The molecule has 0 unspecified atom stereocenters. The largest absolute Gasteiger partial charge is 0.343 e. The minimum Gasteiger partial charge on any atom is -0.343 e. The molecule has 152 valence electrons. The van der Waals surface area contributed by atoms with Gasteiger partial charge in [-0.05, 0) is 42.4 Å². The van der Waals surface area contributed by atoms with Gasteiger partial charge in [-0.15, -0.1) is 0 Å². The molecule has 6 heteroatoms. The van der Waals surface area contributed by atoms with Gasteiger partial charge in [0.2, 0.25) is 11.8 Å². The SMILES string of the molecule is CC(C)(C)c1ccc(C(=O)NCC(=O)N2CCC(N3CCCC3=O)CC2)cc1. The van der Waals surface area contributed by atoms with Crippen LogP contribution in [0.5, 0.6) is 0 Å². The van der Waals surface area contributed by atoms with Crippen molar-refractivity contribution in [2.75, 3.05) is 26.2 Å². The normalized spacial score (nSPS) is 18.5.